The van der Waals surface area contributed by atoms with E-state index in [-0.39, 0.29) is 23.7 Å². The van der Waals surface area contributed by atoms with Crippen LogP contribution in [0.1, 0.15) is 17.3 Å². The molecule has 2 aromatic heterocycles. The maximum Gasteiger partial charge on any atom is 0.261 e. The Kier molecular flexibility index (Phi) is 8.67. The summed E-state index contributed by atoms with van der Waals surface area (Å²) in [6.45, 7) is 2.93. The Balaban J connectivity index is 1.64. The number of likely N-dealkylation sites (N-methyl/N-ethyl adjacent to an activating group) is 1. The molecular weight excluding hydrogens is 517 g/mol. The Morgan fingerprint density at radius 1 is 0.974 bits per heavy atom. The van der Waals surface area contributed by atoms with Gasteiger partial charge in [0.1, 0.15) is 18.1 Å². The van der Waals surface area contributed by atoms with Crippen molar-refractivity contribution in [3.05, 3.63) is 71.9 Å². The van der Waals surface area contributed by atoms with E-state index in [4.69, 9.17) is 18.9 Å². The number of hydrogen-bond acceptors (Lipinski definition) is 8. The molecule has 0 spiro atoms. The molecule has 4 rings (SSSR count). The minimum atomic E-state index is -1.63. The van der Waals surface area contributed by atoms with Gasteiger partial charge in [-0.3, -0.25) is 14.8 Å². The lowest BCUT2D eigenvalue weighted by molar-refractivity contribution is 0.102. The molecule has 0 saturated carbocycles. The summed E-state index contributed by atoms with van der Waals surface area (Å²) in [5, 5.41) is 5.45. The molecule has 0 radical (unpaired) electrons. The lowest BCUT2D eigenvalue weighted by Crippen LogP contribution is -2.16. The van der Waals surface area contributed by atoms with Gasteiger partial charge in [-0.25, -0.2) is 8.78 Å². The van der Waals surface area contributed by atoms with E-state index in [0.29, 0.717) is 41.6 Å². The summed E-state index contributed by atoms with van der Waals surface area (Å²) in [7, 11) is 3.22. The fraction of sp³-hybridized carbons (Fsp3) is 0.222. The third-order valence-corrected chi connectivity index (χ3v) is 5.50. The number of rotatable bonds is 11. The largest absolute Gasteiger partial charge is 0.493 e. The fourth-order valence-corrected chi connectivity index (χ4v) is 3.65. The standard InChI is InChI=1S/C27H25F3N4O5/c1-4-37-20-5-7-32-14-16(20)27(35)34-19-12-17(28)26(25(30)24(19)29)39-21-6-8-33-18-13-23(38-10-9-31-2)22(36-3)11-15(18)21/h5-8,11-14,31H,4,9-10H2,1-3H3,(H,34,35). The van der Waals surface area contributed by atoms with Crippen LogP contribution in [0.4, 0.5) is 18.9 Å². The number of carbonyl (C=O) groups excluding carboxylic acids is 1. The first-order chi connectivity index (χ1) is 18.9. The van der Waals surface area contributed by atoms with Gasteiger partial charge in [0, 0.05) is 42.7 Å². The minimum Gasteiger partial charge on any atom is -0.493 e. The highest BCUT2D eigenvalue weighted by atomic mass is 19.2. The number of fused-ring (bicyclic) bond motifs is 1. The van der Waals surface area contributed by atoms with Gasteiger partial charge in [-0.15, -0.1) is 0 Å². The van der Waals surface area contributed by atoms with Crippen molar-refractivity contribution in [3.63, 3.8) is 0 Å². The van der Waals surface area contributed by atoms with Crippen LogP contribution < -0.4 is 29.6 Å². The van der Waals surface area contributed by atoms with E-state index >= 15 is 8.78 Å². The van der Waals surface area contributed by atoms with Crippen LogP contribution in [0.3, 0.4) is 0 Å². The van der Waals surface area contributed by atoms with Crippen molar-refractivity contribution in [3.8, 4) is 28.7 Å². The van der Waals surface area contributed by atoms with Gasteiger partial charge in [0.05, 0.1) is 30.5 Å². The molecule has 0 atom stereocenters. The van der Waals surface area contributed by atoms with E-state index in [1.165, 1.54) is 43.9 Å². The first-order valence-electron chi connectivity index (χ1n) is 11.9. The smallest absolute Gasteiger partial charge is 0.261 e. The van der Waals surface area contributed by atoms with Gasteiger partial charge in [-0.2, -0.15) is 4.39 Å². The van der Waals surface area contributed by atoms with Gasteiger partial charge in [0.15, 0.2) is 23.1 Å². The predicted octanol–water partition coefficient (Wildman–Crippen LogP) is 5.10. The molecule has 9 nitrogen and oxygen atoms in total. The van der Waals surface area contributed by atoms with E-state index in [9.17, 15) is 9.18 Å². The zero-order valence-electron chi connectivity index (χ0n) is 21.3. The molecule has 39 heavy (non-hydrogen) atoms. The molecule has 0 aliphatic carbocycles. The average molecular weight is 543 g/mol. The normalized spacial score (nSPS) is 10.8. The summed E-state index contributed by atoms with van der Waals surface area (Å²) in [5.41, 5.74) is -0.371. The summed E-state index contributed by atoms with van der Waals surface area (Å²) in [5.74, 6) is -5.33. The monoisotopic (exact) mass is 542 g/mol. The summed E-state index contributed by atoms with van der Waals surface area (Å²) >= 11 is 0. The SMILES string of the molecule is CCOc1ccncc1C(=O)Nc1cc(F)c(Oc2ccnc3cc(OCCNC)c(OC)cc23)c(F)c1F. The van der Waals surface area contributed by atoms with Gasteiger partial charge in [-0.1, -0.05) is 0 Å². The highest BCUT2D eigenvalue weighted by Gasteiger charge is 2.24. The van der Waals surface area contributed by atoms with Gasteiger partial charge >= 0.3 is 0 Å². The van der Waals surface area contributed by atoms with Crippen molar-refractivity contribution >= 4 is 22.5 Å². The van der Waals surface area contributed by atoms with Gasteiger partial charge in [-0.05, 0) is 32.2 Å². The third-order valence-electron chi connectivity index (χ3n) is 5.50. The van der Waals surface area contributed by atoms with Gasteiger partial charge < -0.3 is 29.6 Å². The first-order valence-corrected chi connectivity index (χ1v) is 11.9. The molecule has 1 amide bonds. The molecule has 2 heterocycles. The van der Waals surface area contributed by atoms with Crippen LogP contribution in [0.5, 0.6) is 28.7 Å². The maximum atomic E-state index is 15.0. The van der Waals surface area contributed by atoms with Crippen LogP contribution in [-0.4, -0.2) is 49.8 Å². The third kappa shape index (κ3) is 5.96. The molecule has 4 aromatic rings. The summed E-state index contributed by atoms with van der Waals surface area (Å²) in [4.78, 5) is 20.8. The Hall–Kier alpha value is -4.58. The molecule has 0 fully saturated rings. The number of nitrogens with zero attached hydrogens (tertiary/aromatic N) is 2. The van der Waals surface area contributed by atoms with Crippen molar-refractivity contribution < 1.29 is 36.9 Å². The van der Waals surface area contributed by atoms with E-state index in [2.05, 4.69) is 20.6 Å². The fourth-order valence-electron chi connectivity index (χ4n) is 3.65. The molecule has 2 aromatic carbocycles. The van der Waals surface area contributed by atoms with Crippen LogP contribution in [0.25, 0.3) is 10.9 Å². The number of methoxy groups -OCH3 is 1. The molecule has 0 saturated heterocycles. The zero-order chi connectivity index (χ0) is 27.9. The molecule has 0 bridgehead atoms. The van der Waals surface area contributed by atoms with Crippen molar-refractivity contribution in [2.24, 2.45) is 0 Å². The number of aromatic nitrogens is 2. The molecular formula is C27H25F3N4O5. The van der Waals surface area contributed by atoms with Crippen LogP contribution in [0.2, 0.25) is 0 Å². The number of pyridine rings is 2. The number of ether oxygens (including phenoxy) is 4. The van der Waals surface area contributed by atoms with Crippen molar-refractivity contribution in [1.29, 1.82) is 0 Å². The van der Waals surface area contributed by atoms with Crippen molar-refractivity contribution in [2.45, 2.75) is 6.92 Å². The molecule has 12 heteroatoms. The predicted molar refractivity (Wildman–Crippen MR) is 137 cm³/mol. The number of amides is 1. The van der Waals surface area contributed by atoms with E-state index < -0.39 is 34.8 Å². The Labute approximate surface area is 221 Å². The summed E-state index contributed by atoms with van der Waals surface area (Å²) in [6, 6.07) is 6.57. The number of hydrogen-bond donors (Lipinski definition) is 2. The topological polar surface area (TPSA) is 104 Å². The first kappa shape index (κ1) is 27.5. The molecule has 204 valence electrons. The Morgan fingerprint density at radius 3 is 2.51 bits per heavy atom. The number of nitrogens with one attached hydrogen (secondary N) is 2. The van der Waals surface area contributed by atoms with Crippen LogP contribution >= 0.6 is 0 Å². The number of anilines is 1. The van der Waals surface area contributed by atoms with Gasteiger partial charge in [0.2, 0.25) is 11.6 Å². The second-order valence-electron chi connectivity index (χ2n) is 8.01. The maximum absolute atomic E-state index is 15.0. The average Bonchev–Trinajstić information content (AvgIpc) is 2.94. The lowest BCUT2D eigenvalue weighted by Gasteiger charge is -2.15. The second kappa shape index (κ2) is 12.3. The minimum absolute atomic E-state index is 0.00854. The highest BCUT2D eigenvalue weighted by molar-refractivity contribution is 6.06. The summed E-state index contributed by atoms with van der Waals surface area (Å²) < 4.78 is 67.0. The van der Waals surface area contributed by atoms with Crippen molar-refractivity contribution in [1.82, 2.24) is 15.3 Å². The zero-order valence-corrected chi connectivity index (χ0v) is 21.3. The van der Waals surface area contributed by atoms with Crippen molar-refractivity contribution in [2.75, 3.05) is 39.2 Å². The van der Waals surface area contributed by atoms with Crippen LogP contribution in [-0.2, 0) is 0 Å². The molecule has 0 unspecified atom stereocenters. The number of halogens is 3. The number of carbonyl (C=O) groups is 1. The molecule has 0 aliphatic heterocycles. The summed E-state index contributed by atoms with van der Waals surface area (Å²) in [6.07, 6.45) is 3.97. The Morgan fingerprint density at radius 2 is 1.77 bits per heavy atom. The van der Waals surface area contributed by atoms with E-state index in [1.807, 2.05) is 0 Å². The second-order valence-corrected chi connectivity index (χ2v) is 8.01. The molecule has 0 aliphatic rings. The van der Waals surface area contributed by atoms with Crippen LogP contribution in [0, 0.1) is 17.5 Å². The van der Waals surface area contributed by atoms with E-state index in [1.54, 1.807) is 20.0 Å². The highest BCUT2D eigenvalue weighted by Crippen LogP contribution is 2.39. The molecule has 2 N–H and O–H groups in total. The number of benzene rings is 2. The van der Waals surface area contributed by atoms with Crippen LogP contribution in [0.15, 0.2) is 48.9 Å². The van der Waals surface area contributed by atoms with Gasteiger partial charge in [0.25, 0.3) is 5.91 Å². The quantitative estimate of drug-likeness (QED) is 0.199. The van der Waals surface area contributed by atoms with E-state index in [0.717, 1.165) is 0 Å². The lowest BCUT2D eigenvalue weighted by atomic mass is 10.1. The Bertz CT molecular complexity index is 1500.